The highest BCUT2D eigenvalue weighted by atomic mass is 16.5. The second kappa shape index (κ2) is 9.95. The number of nitrogens with zero attached hydrogens (tertiary/aromatic N) is 3. The molecule has 2 saturated heterocycles. The molecule has 150 valence electrons. The number of amides is 2. The van der Waals surface area contributed by atoms with E-state index in [-0.39, 0.29) is 6.03 Å². The molecule has 1 aromatic carbocycles. The first-order chi connectivity index (χ1) is 13.2. The number of urea groups is 1. The van der Waals surface area contributed by atoms with E-state index >= 15 is 0 Å². The SMILES string of the molecule is CCCc1ccc(OCCNC(=O)N2CC[C@H](N3CCN(C)CC3)C2)cc1. The first-order valence-corrected chi connectivity index (χ1v) is 10.3. The highest BCUT2D eigenvalue weighted by molar-refractivity contribution is 5.74. The van der Waals surface area contributed by atoms with Crippen LogP contribution in [0.3, 0.4) is 0 Å². The normalized spacial score (nSPS) is 21.4. The Morgan fingerprint density at radius 2 is 1.89 bits per heavy atom. The van der Waals surface area contributed by atoms with Gasteiger partial charge in [0.1, 0.15) is 12.4 Å². The molecule has 0 unspecified atom stereocenters. The molecular weight excluding hydrogens is 340 g/mol. The molecule has 27 heavy (non-hydrogen) atoms. The lowest BCUT2D eigenvalue weighted by atomic mass is 10.1. The number of ether oxygens (including phenoxy) is 1. The van der Waals surface area contributed by atoms with Crippen molar-refractivity contribution in [1.29, 1.82) is 0 Å². The second-order valence-electron chi connectivity index (χ2n) is 7.70. The molecule has 1 atom stereocenters. The van der Waals surface area contributed by atoms with E-state index in [1.165, 1.54) is 5.56 Å². The third-order valence-electron chi connectivity index (χ3n) is 5.61. The van der Waals surface area contributed by atoms with E-state index in [0.29, 0.717) is 19.2 Å². The van der Waals surface area contributed by atoms with Crippen molar-refractivity contribution in [2.45, 2.75) is 32.2 Å². The topological polar surface area (TPSA) is 48.1 Å². The molecule has 3 rings (SSSR count). The molecular formula is C21H34N4O2. The van der Waals surface area contributed by atoms with Crippen LogP contribution >= 0.6 is 0 Å². The zero-order valence-electron chi connectivity index (χ0n) is 16.8. The zero-order valence-corrected chi connectivity index (χ0v) is 16.8. The molecule has 1 aromatic rings. The molecule has 2 fully saturated rings. The zero-order chi connectivity index (χ0) is 19.1. The number of benzene rings is 1. The molecule has 2 aliphatic rings. The van der Waals surface area contributed by atoms with Crippen LogP contribution in [0, 0.1) is 0 Å². The molecule has 2 heterocycles. The summed E-state index contributed by atoms with van der Waals surface area (Å²) in [5.41, 5.74) is 1.34. The maximum Gasteiger partial charge on any atom is 0.317 e. The largest absolute Gasteiger partial charge is 0.492 e. The fourth-order valence-corrected chi connectivity index (χ4v) is 3.89. The summed E-state index contributed by atoms with van der Waals surface area (Å²) < 4.78 is 5.73. The smallest absolute Gasteiger partial charge is 0.317 e. The van der Waals surface area contributed by atoms with Crippen LogP contribution in [-0.2, 0) is 6.42 Å². The summed E-state index contributed by atoms with van der Waals surface area (Å²) in [5.74, 6) is 0.861. The fraction of sp³-hybridized carbons (Fsp3) is 0.667. The van der Waals surface area contributed by atoms with Gasteiger partial charge in [0.15, 0.2) is 0 Å². The Bertz CT molecular complexity index is 584. The van der Waals surface area contributed by atoms with E-state index < -0.39 is 0 Å². The predicted octanol–water partition coefficient (Wildman–Crippen LogP) is 2.05. The van der Waals surface area contributed by atoms with Crippen molar-refractivity contribution in [3.05, 3.63) is 29.8 Å². The van der Waals surface area contributed by atoms with Crippen LogP contribution in [0.2, 0.25) is 0 Å². The van der Waals surface area contributed by atoms with E-state index in [1.807, 2.05) is 17.0 Å². The lowest BCUT2D eigenvalue weighted by Gasteiger charge is -2.36. The van der Waals surface area contributed by atoms with Gasteiger partial charge in [0, 0.05) is 45.3 Å². The van der Waals surface area contributed by atoms with Gasteiger partial charge in [0.05, 0.1) is 6.54 Å². The summed E-state index contributed by atoms with van der Waals surface area (Å²) in [7, 11) is 2.17. The average Bonchev–Trinajstić information content (AvgIpc) is 3.17. The van der Waals surface area contributed by atoms with Crippen LogP contribution in [0.5, 0.6) is 5.75 Å². The number of hydrogen-bond donors (Lipinski definition) is 1. The number of carbonyl (C=O) groups is 1. The molecule has 2 amide bonds. The third kappa shape index (κ3) is 5.84. The molecule has 6 nitrogen and oxygen atoms in total. The number of rotatable bonds is 7. The van der Waals surface area contributed by atoms with Gasteiger partial charge in [-0.25, -0.2) is 4.79 Å². The van der Waals surface area contributed by atoms with Gasteiger partial charge >= 0.3 is 6.03 Å². The molecule has 2 aliphatic heterocycles. The van der Waals surface area contributed by atoms with Crippen LogP contribution < -0.4 is 10.1 Å². The highest BCUT2D eigenvalue weighted by Gasteiger charge is 2.31. The number of likely N-dealkylation sites (N-methyl/N-ethyl adjacent to an activating group) is 1. The van der Waals surface area contributed by atoms with Crippen LogP contribution in [0.1, 0.15) is 25.3 Å². The van der Waals surface area contributed by atoms with Gasteiger partial charge in [-0.2, -0.15) is 0 Å². The fourth-order valence-electron chi connectivity index (χ4n) is 3.89. The van der Waals surface area contributed by atoms with E-state index in [4.69, 9.17) is 4.74 Å². The van der Waals surface area contributed by atoms with E-state index in [1.54, 1.807) is 0 Å². The van der Waals surface area contributed by atoms with Crippen molar-refractivity contribution < 1.29 is 9.53 Å². The van der Waals surface area contributed by atoms with Crippen LogP contribution in [0.15, 0.2) is 24.3 Å². The monoisotopic (exact) mass is 374 g/mol. The Kier molecular flexibility index (Phi) is 7.35. The van der Waals surface area contributed by atoms with E-state index in [9.17, 15) is 4.79 Å². The van der Waals surface area contributed by atoms with Crippen LogP contribution in [0.4, 0.5) is 4.79 Å². The Morgan fingerprint density at radius 3 is 2.59 bits per heavy atom. The molecule has 0 spiro atoms. The first-order valence-electron chi connectivity index (χ1n) is 10.3. The summed E-state index contributed by atoms with van der Waals surface area (Å²) in [6.45, 7) is 9.38. The maximum atomic E-state index is 12.4. The molecule has 0 aliphatic carbocycles. The molecule has 0 aromatic heterocycles. The van der Waals surface area contributed by atoms with Crippen LogP contribution in [0.25, 0.3) is 0 Å². The van der Waals surface area contributed by atoms with Crippen molar-refractivity contribution in [3.63, 3.8) is 0 Å². The predicted molar refractivity (Wildman–Crippen MR) is 108 cm³/mol. The van der Waals surface area contributed by atoms with Crippen LogP contribution in [-0.4, -0.2) is 86.2 Å². The Balaban J connectivity index is 1.32. The number of likely N-dealkylation sites (tertiary alicyclic amines) is 1. The van der Waals surface area contributed by atoms with Crippen molar-refractivity contribution in [2.75, 3.05) is 59.5 Å². The van der Waals surface area contributed by atoms with E-state index in [2.05, 4.69) is 41.2 Å². The number of aryl methyl sites for hydroxylation is 1. The van der Waals surface area contributed by atoms with Gasteiger partial charge in [-0.05, 0) is 37.6 Å². The summed E-state index contributed by atoms with van der Waals surface area (Å²) >= 11 is 0. The van der Waals surface area contributed by atoms with Crippen molar-refractivity contribution in [3.8, 4) is 5.75 Å². The van der Waals surface area contributed by atoms with Gasteiger partial charge < -0.3 is 19.9 Å². The van der Waals surface area contributed by atoms with Crippen molar-refractivity contribution >= 4 is 6.03 Å². The molecule has 6 heteroatoms. The van der Waals surface area contributed by atoms with Gasteiger partial charge in [-0.15, -0.1) is 0 Å². The van der Waals surface area contributed by atoms with E-state index in [0.717, 1.165) is 64.3 Å². The summed E-state index contributed by atoms with van der Waals surface area (Å²) in [4.78, 5) is 19.2. The number of hydrogen-bond acceptors (Lipinski definition) is 4. The van der Waals surface area contributed by atoms with Gasteiger partial charge in [0.2, 0.25) is 0 Å². The first kappa shape index (κ1) is 20.0. The lowest BCUT2D eigenvalue weighted by molar-refractivity contribution is 0.114. The highest BCUT2D eigenvalue weighted by Crippen LogP contribution is 2.17. The minimum Gasteiger partial charge on any atom is -0.492 e. The Morgan fingerprint density at radius 1 is 1.15 bits per heavy atom. The van der Waals surface area contributed by atoms with Gasteiger partial charge in [-0.1, -0.05) is 25.5 Å². The molecule has 0 radical (unpaired) electrons. The summed E-state index contributed by atoms with van der Waals surface area (Å²) in [6.07, 6.45) is 3.33. The van der Waals surface area contributed by atoms with Crippen molar-refractivity contribution in [1.82, 2.24) is 20.0 Å². The average molecular weight is 375 g/mol. The number of nitrogens with one attached hydrogen (secondary N) is 1. The maximum absolute atomic E-state index is 12.4. The third-order valence-corrected chi connectivity index (χ3v) is 5.61. The molecule has 1 N–H and O–H groups in total. The number of piperazine rings is 1. The minimum absolute atomic E-state index is 0.0357. The summed E-state index contributed by atoms with van der Waals surface area (Å²) in [5, 5.41) is 2.99. The number of carbonyl (C=O) groups excluding carboxylic acids is 1. The van der Waals surface area contributed by atoms with Gasteiger partial charge in [-0.3, -0.25) is 4.90 Å². The Labute approximate surface area is 163 Å². The molecule has 0 saturated carbocycles. The standard InChI is InChI=1S/C21H34N4O2/c1-3-4-18-5-7-20(8-6-18)27-16-10-22-21(26)25-11-9-19(17-25)24-14-12-23(2)13-15-24/h5-8,19H,3-4,9-17H2,1-2H3,(H,22,26)/t19-/m0/s1. The second-order valence-corrected chi connectivity index (χ2v) is 7.70. The van der Waals surface area contributed by atoms with Crippen molar-refractivity contribution in [2.24, 2.45) is 0 Å². The minimum atomic E-state index is 0.0357. The quantitative estimate of drug-likeness (QED) is 0.742. The summed E-state index contributed by atoms with van der Waals surface area (Å²) in [6, 6.07) is 8.79. The molecule has 0 bridgehead atoms. The Hall–Kier alpha value is -1.79. The van der Waals surface area contributed by atoms with Gasteiger partial charge in [0.25, 0.3) is 0 Å². The lowest BCUT2D eigenvalue weighted by Crippen LogP contribution is -2.50.